The van der Waals surface area contributed by atoms with Gasteiger partial charge in [0.2, 0.25) is 0 Å². The third-order valence-corrected chi connectivity index (χ3v) is 5.65. The van der Waals surface area contributed by atoms with E-state index in [1.165, 1.54) is 38.2 Å². The van der Waals surface area contributed by atoms with E-state index >= 15 is 0 Å². The molecular weight excluding hydrogens is 296 g/mol. The zero-order chi connectivity index (χ0) is 18.0. The van der Waals surface area contributed by atoms with Crippen LogP contribution in [0.4, 0.5) is 0 Å². The lowest BCUT2D eigenvalue weighted by Gasteiger charge is -2.39. The highest BCUT2D eigenvalue weighted by molar-refractivity contribution is 5.27. The lowest BCUT2D eigenvalue weighted by atomic mass is 10.2. The van der Waals surface area contributed by atoms with Gasteiger partial charge in [0.05, 0.1) is 19.6 Å². The molecule has 3 heteroatoms. The highest BCUT2D eigenvalue weighted by Gasteiger charge is 2.25. The predicted molar refractivity (Wildman–Crippen MR) is 105 cm³/mol. The number of aryl methyl sites for hydroxylation is 1. The van der Waals surface area contributed by atoms with E-state index in [1.807, 2.05) is 0 Å². The van der Waals surface area contributed by atoms with Gasteiger partial charge in [-0.15, -0.1) is 0 Å². The van der Waals surface area contributed by atoms with Crippen molar-refractivity contribution in [2.75, 3.05) is 45.9 Å². The fraction of sp³-hybridized carbons (Fsp3) is 0.714. The van der Waals surface area contributed by atoms with E-state index in [1.54, 1.807) is 0 Å². The Morgan fingerprint density at radius 3 is 2.33 bits per heavy atom. The summed E-state index contributed by atoms with van der Waals surface area (Å²) in [5, 5.41) is 0. The Hall–Kier alpha value is -1.06. The van der Waals surface area contributed by atoms with Crippen LogP contribution in [0.2, 0.25) is 0 Å². The first-order valence-corrected chi connectivity index (χ1v) is 9.78. The molecule has 0 saturated carbocycles. The second-order valence-electron chi connectivity index (χ2n) is 6.97. The minimum atomic E-state index is 0.675. The molecule has 1 aromatic carbocycles. The minimum Gasteiger partial charge on any atom is -0.488 e. The van der Waals surface area contributed by atoms with E-state index in [9.17, 15) is 0 Å². The van der Waals surface area contributed by atoms with Crippen molar-refractivity contribution in [1.82, 2.24) is 4.90 Å². The molecule has 3 nitrogen and oxygen atoms in total. The van der Waals surface area contributed by atoms with Crippen LogP contribution in [0.5, 0.6) is 5.75 Å². The average molecular weight is 336 g/mol. The lowest BCUT2D eigenvalue weighted by Crippen LogP contribution is -2.54. The molecule has 0 radical (unpaired) electrons. The van der Waals surface area contributed by atoms with Crippen LogP contribution in [0.3, 0.4) is 0 Å². The average Bonchev–Trinajstić information content (AvgIpc) is 2.60. The first-order valence-electron chi connectivity index (χ1n) is 9.78. The number of benzene rings is 1. The fourth-order valence-corrected chi connectivity index (χ4v) is 3.32. The van der Waals surface area contributed by atoms with Crippen LogP contribution in [0.25, 0.3) is 0 Å². The Kier molecular flexibility index (Phi) is 9.38. The third-order valence-electron chi connectivity index (χ3n) is 5.65. The van der Waals surface area contributed by atoms with E-state index in [0.717, 1.165) is 29.9 Å². The maximum absolute atomic E-state index is 6.02. The van der Waals surface area contributed by atoms with Crippen LogP contribution in [-0.4, -0.2) is 61.3 Å². The quantitative estimate of drug-likeness (QED) is 0.527. The number of likely N-dealkylation sites (N-methyl/N-ethyl adjacent to an activating group) is 2. The van der Waals surface area contributed by atoms with Crippen molar-refractivity contribution in [3.05, 3.63) is 29.8 Å². The summed E-state index contributed by atoms with van der Waals surface area (Å²) in [5.74, 6) is 0.995. The van der Waals surface area contributed by atoms with Crippen LogP contribution in [0, 0.1) is 6.92 Å². The van der Waals surface area contributed by atoms with E-state index < -0.39 is 0 Å². The third kappa shape index (κ3) is 6.45. The molecule has 138 valence electrons. The number of rotatable bonds is 12. The van der Waals surface area contributed by atoms with Crippen LogP contribution < -0.4 is 4.74 Å². The second kappa shape index (κ2) is 10.7. The van der Waals surface area contributed by atoms with Crippen molar-refractivity contribution in [3.8, 4) is 5.75 Å². The number of ether oxygens (including phenoxy) is 1. The first-order chi connectivity index (χ1) is 11.5. The van der Waals surface area contributed by atoms with Crippen molar-refractivity contribution in [2.24, 2.45) is 0 Å². The molecule has 0 heterocycles. The van der Waals surface area contributed by atoms with Gasteiger partial charge in [-0.05, 0) is 58.4 Å². The summed E-state index contributed by atoms with van der Waals surface area (Å²) in [6, 6.07) is 9.03. The van der Waals surface area contributed by atoms with Gasteiger partial charge in [-0.1, -0.05) is 26.0 Å². The fourth-order valence-electron chi connectivity index (χ4n) is 3.32. The van der Waals surface area contributed by atoms with E-state index in [0.29, 0.717) is 6.04 Å². The lowest BCUT2D eigenvalue weighted by molar-refractivity contribution is -0.924. The smallest absolute Gasteiger partial charge is 0.137 e. The topological polar surface area (TPSA) is 12.5 Å². The summed E-state index contributed by atoms with van der Waals surface area (Å²) < 4.78 is 7.16. The largest absolute Gasteiger partial charge is 0.488 e. The van der Waals surface area contributed by atoms with Gasteiger partial charge < -0.3 is 9.22 Å². The van der Waals surface area contributed by atoms with Crippen LogP contribution >= 0.6 is 0 Å². The molecule has 1 unspecified atom stereocenters. The molecule has 0 N–H and O–H groups in total. The van der Waals surface area contributed by atoms with E-state index in [4.69, 9.17) is 4.74 Å². The zero-order valence-corrected chi connectivity index (χ0v) is 16.8. The van der Waals surface area contributed by atoms with Crippen molar-refractivity contribution in [3.63, 3.8) is 0 Å². The van der Waals surface area contributed by atoms with Crippen molar-refractivity contribution < 1.29 is 9.22 Å². The molecule has 0 fully saturated rings. The molecular formula is C21H39N2O+. The SMILES string of the molecule is CCC(C)N(CC)CC[N+](CC)(CC)CCOc1cccc(C)c1. The normalized spacial score (nSPS) is 13.3. The Balaban J connectivity index is 2.57. The van der Waals surface area contributed by atoms with Gasteiger partial charge in [-0.3, -0.25) is 4.90 Å². The highest BCUT2D eigenvalue weighted by atomic mass is 16.5. The molecule has 0 spiro atoms. The summed E-state index contributed by atoms with van der Waals surface area (Å²) in [6.07, 6.45) is 1.22. The molecule has 1 rings (SSSR count). The molecule has 0 aliphatic carbocycles. The van der Waals surface area contributed by atoms with E-state index in [-0.39, 0.29) is 0 Å². The van der Waals surface area contributed by atoms with Crippen LogP contribution in [-0.2, 0) is 0 Å². The van der Waals surface area contributed by atoms with Gasteiger partial charge in [0.15, 0.2) is 0 Å². The number of hydrogen-bond donors (Lipinski definition) is 0. The first kappa shape index (κ1) is 21.0. The van der Waals surface area contributed by atoms with Gasteiger partial charge >= 0.3 is 0 Å². The van der Waals surface area contributed by atoms with Gasteiger partial charge in [-0.25, -0.2) is 0 Å². The monoisotopic (exact) mass is 335 g/mol. The Morgan fingerprint density at radius 2 is 1.79 bits per heavy atom. The molecule has 0 bridgehead atoms. The summed E-state index contributed by atoms with van der Waals surface area (Å²) in [4.78, 5) is 2.61. The number of hydrogen-bond acceptors (Lipinski definition) is 2. The summed E-state index contributed by atoms with van der Waals surface area (Å²) in [6.45, 7) is 21.4. The molecule has 1 aromatic rings. The number of quaternary nitrogens is 1. The molecule has 0 aliphatic heterocycles. The van der Waals surface area contributed by atoms with E-state index in [2.05, 4.69) is 70.7 Å². The van der Waals surface area contributed by atoms with Gasteiger partial charge in [-0.2, -0.15) is 0 Å². The van der Waals surface area contributed by atoms with Crippen LogP contribution in [0.15, 0.2) is 24.3 Å². The highest BCUT2D eigenvalue weighted by Crippen LogP contribution is 2.14. The van der Waals surface area contributed by atoms with Crippen LogP contribution in [0.1, 0.15) is 46.6 Å². The Bertz CT molecular complexity index is 457. The summed E-state index contributed by atoms with van der Waals surface area (Å²) >= 11 is 0. The molecule has 0 aromatic heterocycles. The standard InChI is InChI=1S/C21H39N2O/c1-7-20(6)22(8-2)14-15-23(9-3,10-4)16-17-24-21-13-11-12-19(5)18-21/h11-13,18,20H,7-10,14-17H2,1-6H3/q+1. The van der Waals surface area contributed by atoms with Crippen molar-refractivity contribution in [1.29, 1.82) is 0 Å². The maximum Gasteiger partial charge on any atom is 0.137 e. The Morgan fingerprint density at radius 1 is 1.08 bits per heavy atom. The molecule has 1 atom stereocenters. The van der Waals surface area contributed by atoms with Crippen molar-refractivity contribution >= 4 is 0 Å². The molecule has 0 aliphatic rings. The molecule has 0 amide bonds. The zero-order valence-electron chi connectivity index (χ0n) is 16.8. The second-order valence-corrected chi connectivity index (χ2v) is 6.97. The summed E-state index contributed by atoms with van der Waals surface area (Å²) in [7, 11) is 0. The number of nitrogens with zero attached hydrogens (tertiary/aromatic N) is 2. The van der Waals surface area contributed by atoms with Crippen molar-refractivity contribution in [2.45, 2.75) is 54.0 Å². The minimum absolute atomic E-state index is 0.675. The Labute approximate surface area is 150 Å². The maximum atomic E-state index is 6.02. The molecule has 24 heavy (non-hydrogen) atoms. The molecule has 0 saturated heterocycles. The van der Waals surface area contributed by atoms with Gasteiger partial charge in [0.1, 0.15) is 18.9 Å². The van der Waals surface area contributed by atoms with Gasteiger partial charge in [0, 0.05) is 12.6 Å². The van der Waals surface area contributed by atoms with Gasteiger partial charge in [0.25, 0.3) is 0 Å². The summed E-state index contributed by atoms with van der Waals surface area (Å²) in [5.41, 5.74) is 1.26. The predicted octanol–water partition coefficient (Wildman–Crippen LogP) is 4.35.